The molecule has 3 rings (SSSR count). The molecule has 4 N–H and O–H groups in total. The van der Waals surface area contributed by atoms with Crippen molar-refractivity contribution < 1.29 is 30.5 Å². The highest BCUT2D eigenvalue weighted by atomic mass is 16.8. The van der Waals surface area contributed by atoms with Crippen LogP contribution in [-0.2, 0) is 17.6 Å². The Balaban J connectivity index is 2.02. The fourth-order valence-electron chi connectivity index (χ4n) is 3.75. The average Bonchev–Trinajstić information content (AvgIpc) is 2.71. The average molecular weight is 415 g/mol. The summed E-state index contributed by atoms with van der Waals surface area (Å²) in [6, 6.07) is 8.94. The monoisotopic (exact) mass is 415 g/mol. The molecule has 0 bridgehead atoms. The molecular formula is C21H25N3O6. The number of Topliss-reactive ketones (excluding diaryl/α,β-unsaturated/α-hetero) is 1. The third kappa shape index (κ3) is 4.57. The number of fused-ring (bicyclic) bond motifs is 1. The lowest BCUT2D eigenvalue weighted by molar-refractivity contribution is -0.991. The number of amides is 1. The summed E-state index contributed by atoms with van der Waals surface area (Å²) >= 11 is 0. The highest BCUT2D eigenvalue weighted by Gasteiger charge is 2.31. The molecule has 0 aromatic heterocycles. The van der Waals surface area contributed by atoms with E-state index in [9.17, 15) is 25.2 Å². The second-order valence-electron chi connectivity index (χ2n) is 7.59. The summed E-state index contributed by atoms with van der Waals surface area (Å²) in [5.41, 5.74) is 2.54. The molecule has 0 saturated carbocycles. The molecule has 9 heteroatoms. The van der Waals surface area contributed by atoms with Crippen LogP contribution >= 0.6 is 0 Å². The van der Waals surface area contributed by atoms with Crippen molar-refractivity contribution in [1.29, 1.82) is 0 Å². The number of ketones is 1. The molecule has 0 aliphatic carbocycles. The number of aryl methyl sites for hydroxylation is 2. The van der Waals surface area contributed by atoms with Crippen LogP contribution in [0.2, 0.25) is 0 Å². The van der Waals surface area contributed by atoms with Crippen molar-refractivity contribution in [3.8, 4) is 0 Å². The van der Waals surface area contributed by atoms with Gasteiger partial charge in [0.05, 0.1) is 0 Å². The fraction of sp³-hybridized carbons (Fsp3) is 0.333. The number of carbonyl (C=O) groups is 2. The van der Waals surface area contributed by atoms with E-state index < -0.39 is 10.5 Å². The molecule has 1 heterocycles. The van der Waals surface area contributed by atoms with E-state index in [2.05, 4.69) is 0 Å². The molecule has 1 aliphatic heterocycles. The molecular weight excluding hydrogens is 390 g/mol. The lowest BCUT2D eigenvalue weighted by atomic mass is 9.92. The SMILES string of the molecule is CC(=O)CCc1cc2c(cc1[NH+]([O-])O)CC[C@H](C)N2C(=O)c1ccc([NH+]([O-])O)cc1. The Morgan fingerprint density at radius 1 is 1.13 bits per heavy atom. The van der Waals surface area contributed by atoms with Crippen molar-refractivity contribution >= 4 is 28.8 Å². The highest BCUT2D eigenvalue weighted by Crippen LogP contribution is 2.35. The molecule has 2 aromatic rings. The van der Waals surface area contributed by atoms with E-state index >= 15 is 0 Å². The van der Waals surface area contributed by atoms with E-state index in [-0.39, 0.29) is 41.9 Å². The van der Waals surface area contributed by atoms with Crippen molar-refractivity contribution in [2.75, 3.05) is 4.90 Å². The minimum Gasteiger partial charge on any atom is -0.595 e. The summed E-state index contributed by atoms with van der Waals surface area (Å²) in [5.74, 6) is -0.315. The Hall–Kier alpha value is -2.66. The van der Waals surface area contributed by atoms with Crippen molar-refractivity contribution in [3.63, 3.8) is 0 Å². The van der Waals surface area contributed by atoms with Gasteiger partial charge in [0.1, 0.15) is 5.78 Å². The maximum Gasteiger partial charge on any atom is 0.258 e. The van der Waals surface area contributed by atoms with Crippen LogP contribution in [-0.4, -0.2) is 28.1 Å². The van der Waals surface area contributed by atoms with Crippen molar-refractivity contribution in [3.05, 3.63) is 63.5 Å². The number of nitrogens with one attached hydrogen (secondary N) is 2. The molecule has 1 amide bonds. The number of quaternary nitrogens is 2. The third-order valence-corrected chi connectivity index (χ3v) is 5.41. The van der Waals surface area contributed by atoms with Crippen LogP contribution in [0.15, 0.2) is 36.4 Å². The quantitative estimate of drug-likeness (QED) is 0.520. The first kappa shape index (κ1) is 22.0. The van der Waals surface area contributed by atoms with Gasteiger partial charge in [-0.3, -0.25) is 4.79 Å². The van der Waals surface area contributed by atoms with Gasteiger partial charge < -0.3 is 20.1 Å². The summed E-state index contributed by atoms with van der Waals surface area (Å²) in [6.45, 7) is 3.38. The molecule has 0 saturated heterocycles. The molecule has 9 nitrogen and oxygen atoms in total. The number of nitrogens with zero attached hydrogens (tertiary/aromatic N) is 1. The predicted octanol–water partition coefficient (Wildman–Crippen LogP) is 0.997. The molecule has 1 aliphatic rings. The number of hydrogen-bond donors (Lipinski definition) is 4. The van der Waals surface area contributed by atoms with Gasteiger partial charge in [0.15, 0.2) is 11.4 Å². The van der Waals surface area contributed by atoms with Crippen molar-refractivity contribution in [2.24, 2.45) is 0 Å². The number of rotatable bonds is 6. The van der Waals surface area contributed by atoms with Gasteiger partial charge in [-0.15, -0.1) is 0 Å². The predicted molar refractivity (Wildman–Crippen MR) is 108 cm³/mol. The van der Waals surface area contributed by atoms with E-state index in [0.717, 1.165) is 5.56 Å². The molecule has 3 atom stereocenters. The van der Waals surface area contributed by atoms with Crippen LogP contribution in [0.1, 0.15) is 48.2 Å². The van der Waals surface area contributed by atoms with Gasteiger partial charge in [-0.25, -0.2) is 10.4 Å². The first-order valence-corrected chi connectivity index (χ1v) is 9.74. The Labute approximate surface area is 173 Å². The van der Waals surface area contributed by atoms with Crippen LogP contribution in [0.3, 0.4) is 0 Å². The van der Waals surface area contributed by atoms with Gasteiger partial charge in [0.25, 0.3) is 5.91 Å². The zero-order valence-corrected chi connectivity index (χ0v) is 16.8. The Bertz CT molecular complexity index is 943. The van der Waals surface area contributed by atoms with Gasteiger partial charge in [0.2, 0.25) is 0 Å². The van der Waals surface area contributed by atoms with Crippen molar-refractivity contribution in [2.45, 2.75) is 45.6 Å². The molecule has 30 heavy (non-hydrogen) atoms. The molecule has 2 aromatic carbocycles. The Morgan fingerprint density at radius 3 is 2.37 bits per heavy atom. The Kier molecular flexibility index (Phi) is 6.61. The number of anilines is 1. The third-order valence-electron chi connectivity index (χ3n) is 5.41. The summed E-state index contributed by atoms with van der Waals surface area (Å²) in [5, 5.41) is 39.3. The number of hydrogen-bond acceptors (Lipinski definition) is 6. The van der Waals surface area contributed by atoms with Gasteiger partial charge in [-0.05, 0) is 56.9 Å². The van der Waals surface area contributed by atoms with E-state index in [0.29, 0.717) is 29.7 Å². The summed E-state index contributed by atoms with van der Waals surface area (Å²) in [4.78, 5) is 26.3. The smallest absolute Gasteiger partial charge is 0.258 e. The van der Waals surface area contributed by atoms with Crippen molar-refractivity contribution in [1.82, 2.24) is 0 Å². The van der Waals surface area contributed by atoms with Crippen LogP contribution in [0, 0.1) is 10.4 Å². The zero-order chi connectivity index (χ0) is 22.0. The van der Waals surface area contributed by atoms with Gasteiger partial charge in [0, 0.05) is 47.5 Å². The topological polar surface area (TPSA) is 133 Å². The zero-order valence-electron chi connectivity index (χ0n) is 16.8. The van der Waals surface area contributed by atoms with Gasteiger partial charge in [-0.1, -0.05) is 0 Å². The minimum absolute atomic E-state index is 0.0381. The van der Waals surface area contributed by atoms with Gasteiger partial charge >= 0.3 is 0 Å². The Morgan fingerprint density at radius 2 is 1.80 bits per heavy atom. The fourth-order valence-corrected chi connectivity index (χ4v) is 3.75. The second kappa shape index (κ2) is 9.00. The van der Waals surface area contributed by atoms with Crippen LogP contribution in [0.5, 0.6) is 0 Å². The standard InChI is InChI=1S/C21H25N3O6/c1-13-3-5-16-12-20(24(29)30)17(6-4-14(2)25)11-19(16)22(13)21(26)15-7-9-18(10-8-15)23(27)28/h7-13,23-24,27,29H,3-6H2,1-2H3/t13-/m0/s1. The highest BCUT2D eigenvalue weighted by molar-refractivity contribution is 6.07. The minimum atomic E-state index is -1.07. The van der Waals surface area contributed by atoms with Crippen LogP contribution in [0.4, 0.5) is 17.1 Å². The van der Waals surface area contributed by atoms with Crippen LogP contribution in [0.25, 0.3) is 0 Å². The van der Waals surface area contributed by atoms with E-state index in [1.54, 1.807) is 17.0 Å². The van der Waals surface area contributed by atoms with Gasteiger partial charge in [-0.2, -0.15) is 10.5 Å². The molecule has 0 fully saturated rings. The maximum atomic E-state index is 13.3. The summed E-state index contributed by atoms with van der Waals surface area (Å²) in [6.07, 6.45) is 1.83. The van der Waals surface area contributed by atoms with E-state index in [1.165, 1.54) is 31.2 Å². The normalized spacial score (nSPS) is 17.9. The molecule has 0 spiro atoms. The number of carbonyl (C=O) groups excluding carboxylic acids is 2. The second-order valence-corrected chi connectivity index (χ2v) is 7.59. The lowest BCUT2D eigenvalue weighted by Gasteiger charge is -2.36. The summed E-state index contributed by atoms with van der Waals surface area (Å²) in [7, 11) is 0. The first-order chi connectivity index (χ1) is 14.2. The molecule has 160 valence electrons. The maximum absolute atomic E-state index is 13.3. The van der Waals surface area contributed by atoms with E-state index in [4.69, 9.17) is 5.21 Å². The molecule has 2 unspecified atom stereocenters. The first-order valence-electron chi connectivity index (χ1n) is 9.74. The lowest BCUT2D eigenvalue weighted by Crippen LogP contribution is -2.99. The molecule has 0 radical (unpaired) electrons. The van der Waals surface area contributed by atoms with E-state index in [1.807, 2.05) is 6.92 Å². The largest absolute Gasteiger partial charge is 0.595 e. The van der Waals surface area contributed by atoms with Crippen LogP contribution < -0.4 is 15.4 Å². The summed E-state index contributed by atoms with van der Waals surface area (Å²) < 4.78 is 0. The number of benzene rings is 2.